The van der Waals surface area contributed by atoms with Gasteiger partial charge in [0.1, 0.15) is 11.4 Å². The summed E-state index contributed by atoms with van der Waals surface area (Å²) in [6.45, 7) is 3.49. The number of halogens is 2. The molecule has 0 N–H and O–H groups in total. The summed E-state index contributed by atoms with van der Waals surface area (Å²) in [6.07, 6.45) is 0. The van der Waals surface area contributed by atoms with Gasteiger partial charge in [-0.25, -0.2) is 13.6 Å². The van der Waals surface area contributed by atoms with Crippen LogP contribution >= 0.6 is 0 Å². The molecule has 0 aromatic heterocycles. The molecule has 1 aromatic rings. The van der Waals surface area contributed by atoms with Crippen molar-refractivity contribution in [2.75, 3.05) is 13.2 Å². The quantitative estimate of drug-likeness (QED) is 0.745. The molecule has 16 heavy (non-hydrogen) atoms. The van der Waals surface area contributed by atoms with Crippen molar-refractivity contribution in [2.45, 2.75) is 13.8 Å². The minimum atomic E-state index is -1.03. The summed E-state index contributed by atoms with van der Waals surface area (Å²) in [5.74, 6) is -3.18. The first-order chi connectivity index (χ1) is 7.61. The van der Waals surface area contributed by atoms with Gasteiger partial charge in [0.25, 0.3) is 0 Å². The normalized spacial score (nSPS) is 10.0. The lowest BCUT2D eigenvalue weighted by atomic mass is 10.2. The fraction of sp³-hybridized carbons (Fsp3) is 0.364. The maximum atomic E-state index is 13.6. The Morgan fingerprint density at radius 1 is 1.25 bits per heavy atom. The Hall–Kier alpha value is -1.65. The molecular formula is C11H12F2O3. The minimum Gasteiger partial charge on any atom is -0.491 e. The Morgan fingerprint density at radius 3 is 2.50 bits per heavy atom. The first-order valence-corrected chi connectivity index (χ1v) is 4.89. The van der Waals surface area contributed by atoms with E-state index in [1.807, 2.05) is 0 Å². The molecule has 0 fully saturated rings. The average molecular weight is 230 g/mol. The van der Waals surface area contributed by atoms with Crippen LogP contribution in [-0.2, 0) is 4.74 Å². The summed E-state index contributed by atoms with van der Waals surface area (Å²) in [5, 5.41) is 0. The number of rotatable bonds is 4. The fourth-order valence-corrected chi connectivity index (χ4v) is 1.19. The minimum absolute atomic E-state index is 0.0522. The molecule has 1 rings (SSSR count). The number of ether oxygens (including phenoxy) is 2. The van der Waals surface area contributed by atoms with Crippen molar-refractivity contribution in [1.29, 1.82) is 0 Å². The summed E-state index contributed by atoms with van der Waals surface area (Å²) in [6, 6.07) is 2.11. The summed E-state index contributed by atoms with van der Waals surface area (Å²) < 4.78 is 36.3. The molecule has 88 valence electrons. The predicted molar refractivity (Wildman–Crippen MR) is 53.5 cm³/mol. The maximum absolute atomic E-state index is 13.6. The number of hydrogen-bond donors (Lipinski definition) is 0. The Morgan fingerprint density at radius 2 is 1.94 bits per heavy atom. The van der Waals surface area contributed by atoms with E-state index in [4.69, 9.17) is 4.74 Å². The lowest BCUT2D eigenvalue weighted by molar-refractivity contribution is 0.0514. The molecule has 0 aliphatic heterocycles. The molecule has 0 amide bonds. The molecule has 0 saturated carbocycles. The van der Waals surface area contributed by atoms with Gasteiger partial charge >= 0.3 is 5.97 Å². The third-order valence-corrected chi connectivity index (χ3v) is 1.84. The van der Waals surface area contributed by atoms with Gasteiger partial charge in [-0.05, 0) is 26.0 Å². The standard InChI is InChI=1S/C11H12F2O3/c1-3-15-8-6-5-7(12)9(10(8)13)11(14)16-4-2/h5-6H,3-4H2,1-2H3. The number of esters is 1. The van der Waals surface area contributed by atoms with Crippen molar-refractivity contribution in [3.8, 4) is 5.75 Å². The molecule has 0 atom stereocenters. The van der Waals surface area contributed by atoms with Crippen molar-refractivity contribution in [2.24, 2.45) is 0 Å². The summed E-state index contributed by atoms with van der Waals surface area (Å²) in [4.78, 5) is 11.3. The molecular weight excluding hydrogens is 218 g/mol. The SMILES string of the molecule is CCOC(=O)c1c(F)ccc(OCC)c1F. The molecule has 0 spiro atoms. The zero-order chi connectivity index (χ0) is 12.1. The molecule has 0 radical (unpaired) electrons. The Kier molecular flexibility index (Phi) is 4.22. The second kappa shape index (κ2) is 5.44. The van der Waals surface area contributed by atoms with Crippen LogP contribution in [0, 0.1) is 11.6 Å². The number of carbonyl (C=O) groups excluding carboxylic acids is 1. The smallest absolute Gasteiger partial charge is 0.344 e. The largest absolute Gasteiger partial charge is 0.491 e. The van der Waals surface area contributed by atoms with Gasteiger partial charge in [-0.2, -0.15) is 0 Å². The summed E-state index contributed by atoms with van der Waals surface area (Å²) >= 11 is 0. The Balaban J connectivity index is 3.15. The van der Waals surface area contributed by atoms with Crippen LogP contribution in [0.5, 0.6) is 5.75 Å². The molecule has 0 unspecified atom stereocenters. The second-order valence-corrected chi connectivity index (χ2v) is 2.89. The van der Waals surface area contributed by atoms with Crippen LogP contribution in [0.2, 0.25) is 0 Å². The average Bonchev–Trinajstić information content (AvgIpc) is 2.23. The lowest BCUT2D eigenvalue weighted by Gasteiger charge is -2.09. The van der Waals surface area contributed by atoms with E-state index in [9.17, 15) is 13.6 Å². The van der Waals surface area contributed by atoms with Crippen LogP contribution in [0.4, 0.5) is 8.78 Å². The van der Waals surface area contributed by atoms with Crippen molar-refractivity contribution in [3.05, 3.63) is 29.3 Å². The molecule has 0 bridgehead atoms. The van der Waals surface area contributed by atoms with Crippen LogP contribution in [0.15, 0.2) is 12.1 Å². The van der Waals surface area contributed by atoms with Crippen molar-refractivity contribution < 1.29 is 23.0 Å². The van der Waals surface area contributed by atoms with E-state index < -0.39 is 23.2 Å². The third kappa shape index (κ3) is 2.48. The molecule has 5 heteroatoms. The van der Waals surface area contributed by atoms with Crippen LogP contribution < -0.4 is 4.74 Å². The highest BCUT2D eigenvalue weighted by atomic mass is 19.1. The number of carbonyl (C=O) groups is 1. The van der Waals surface area contributed by atoms with E-state index in [-0.39, 0.29) is 19.0 Å². The molecule has 0 aliphatic rings. The molecule has 3 nitrogen and oxygen atoms in total. The fourth-order valence-electron chi connectivity index (χ4n) is 1.19. The number of hydrogen-bond acceptors (Lipinski definition) is 3. The van der Waals surface area contributed by atoms with Crippen LogP contribution in [0.25, 0.3) is 0 Å². The molecule has 0 aliphatic carbocycles. The zero-order valence-electron chi connectivity index (χ0n) is 9.05. The highest BCUT2D eigenvalue weighted by molar-refractivity contribution is 5.90. The molecule has 1 aromatic carbocycles. The monoisotopic (exact) mass is 230 g/mol. The van der Waals surface area contributed by atoms with Crippen LogP contribution in [0.1, 0.15) is 24.2 Å². The van der Waals surface area contributed by atoms with E-state index in [2.05, 4.69) is 4.74 Å². The Bertz CT molecular complexity index is 391. The molecule has 0 saturated heterocycles. The van der Waals surface area contributed by atoms with E-state index in [1.165, 1.54) is 0 Å². The first-order valence-electron chi connectivity index (χ1n) is 4.89. The van der Waals surface area contributed by atoms with E-state index in [0.717, 1.165) is 12.1 Å². The second-order valence-electron chi connectivity index (χ2n) is 2.89. The highest BCUT2D eigenvalue weighted by Crippen LogP contribution is 2.23. The summed E-state index contributed by atoms with van der Waals surface area (Å²) in [5.41, 5.74) is -0.715. The number of benzene rings is 1. The van der Waals surface area contributed by atoms with Gasteiger partial charge in [-0.3, -0.25) is 0 Å². The van der Waals surface area contributed by atoms with E-state index in [1.54, 1.807) is 13.8 Å². The molecule has 0 heterocycles. The van der Waals surface area contributed by atoms with Crippen molar-refractivity contribution in [1.82, 2.24) is 0 Å². The van der Waals surface area contributed by atoms with Gasteiger partial charge in [0, 0.05) is 0 Å². The lowest BCUT2D eigenvalue weighted by Crippen LogP contribution is -2.11. The van der Waals surface area contributed by atoms with Gasteiger partial charge in [0.05, 0.1) is 13.2 Å². The van der Waals surface area contributed by atoms with E-state index >= 15 is 0 Å². The Labute approximate surface area is 92.0 Å². The van der Waals surface area contributed by atoms with Gasteiger partial charge in [0.2, 0.25) is 0 Å². The van der Waals surface area contributed by atoms with Crippen LogP contribution in [-0.4, -0.2) is 19.2 Å². The van der Waals surface area contributed by atoms with Gasteiger partial charge < -0.3 is 9.47 Å². The maximum Gasteiger partial charge on any atom is 0.344 e. The predicted octanol–water partition coefficient (Wildman–Crippen LogP) is 2.54. The zero-order valence-corrected chi connectivity index (χ0v) is 9.05. The van der Waals surface area contributed by atoms with Crippen molar-refractivity contribution >= 4 is 5.97 Å². The van der Waals surface area contributed by atoms with E-state index in [0.29, 0.717) is 0 Å². The van der Waals surface area contributed by atoms with Crippen molar-refractivity contribution in [3.63, 3.8) is 0 Å². The van der Waals surface area contributed by atoms with Crippen LogP contribution in [0.3, 0.4) is 0 Å². The highest BCUT2D eigenvalue weighted by Gasteiger charge is 2.22. The summed E-state index contributed by atoms with van der Waals surface area (Å²) in [7, 11) is 0. The first kappa shape index (κ1) is 12.4. The van der Waals surface area contributed by atoms with Gasteiger partial charge in [0.15, 0.2) is 11.6 Å². The van der Waals surface area contributed by atoms with Gasteiger partial charge in [-0.15, -0.1) is 0 Å². The van der Waals surface area contributed by atoms with Gasteiger partial charge in [-0.1, -0.05) is 0 Å². The topological polar surface area (TPSA) is 35.5 Å². The third-order valence-electron chi connectivity index (χ3n) is 1.84.